The van der Waals surface area contributed by atoms with E-state index in [0.717, 1.165) is 42.2 Å². The highest BCUT2D eigenvalue weighted by molar-refractivity contribution is 7.08. The second-order valence-electron chi connectivity index (χ2n) is 7.76. The van der Waals surface area contributed by atoms with Crippen molar-refractivity contribution in [3.8, 4) is 11.4 Å². The maximum atomic E-state index is 11.2. The fraction of sp³-hybridized carbons (Fsp3) is 0.474. The number of nitrogens with zero attached hydrogens (tertiary/aromatic N) is 5. The molecule has 0 aromatic carbocycles. The molecule has 3 heterocycles. The van der Waals surface area contributed by atoms with E-state index in [-0.39, 0.29) is 6.54 Å². The van der Waals surface area contributed by atoms with E-state index in [9.17, 15) is 9.90 Å². The zero-order valence-electron chi connectivity index (χ0n) is 15.4. The number of rotatable bonds is 8. The molecule has 2 fully saturated rings. The van der Waals surface area contributed by atoms with E-state index in [2.05, 4.69) is 25.5 Å². The van der Waals surface area contributed by atoms with Crippen LogP contribution in [-0.2, 0) is 4.79 Å². The van der Waals surface area contributed by atoms with Crippen LogP contribution >= 0.6 is 11.3 Å². The van der Waals surface area contributed by atoms with E-state index in [0.29, 0.717) is 18.0 Å². The molecule has 9 heteroatoms. The Morgan fingerprint density at radius 2 is 2.14 bits per heavy atom. The van der Waals surface area contributed by atoms with Gasteiger partial charge >= 0.3 is 5.97 Å². The van der Waals surface area contributed by atoms with Crippen molar-refractivity contribution in [3.63, 3.8) is 0 Å². The Kier molecular flexibility index (Phi) is 4.48. The average molecular weight is 398 g/mol. The van der Waals surface area contributed by atoms with E-state index in [1.165, 1.54) is 12.8 Å². The number of carboxylic acid groups (broad SMARTS) is 1. The van der Waals surface area contributed by atoms with Gasteiger partial charge in [0.25, 0.3) is 0 Å². The van der Waals surface area contributed by atoms with E-state index in [1.807, 2.05) is 29.0 Å². The molecule has 0 bridgehead atoms. The molecule has 0 radical (unpaired) electrons. The number of carboxylic acids is 1. The molecule has 0 unspecified atom stereocenters. The number of aliphatic carboxylic acids is 1. The molecule has 5 rings (SSSR count). The minimum Gasteiger partial charge on any atom is -0.480 e. The molecule has 146 valence electrons. The smallest absolute Gasteiger partial charge is 0.317 e. The van der Waals surface area contributed by atoms with Gasteiger partial charge in [0.05, 0.1) is 6.54 Å². The quantitative estimate of drug-likeness (QED) is 0.602. The largest absolute Gasteiger partial charge is 0.480 e. The summed E-state index contributed by atoms with van der Waals surface area (Å²) in [5.41, 5.74) is 1.73. The number of thiophene rings is 1. The monoisotopic (exact) mass is 398 g/mol. The highest BCUT2D eigenvalue weighted by Crippen LogP contribution is 2.34. The van der Waals surface area contributed by atoms with Crippen molar-refractivity contribution in [1.82, 2.24) is 24.7 Å². The molecule has 3 aromatic rings. The van der Waals surface area contributed by atoms with Gasteiger partial charge in [-0.25, -0.2) is 0 Å². The van der Waals surface area contributed by atoms with E-state index < -0.39 is 5.97 Å². The van der Waals surface area contributed by atoms with Crippen LogP contribution < -0.4 is 5.32 Å². The number of hydrogen-bond acceptors (Lipinski definition) is 7. The predicted octanol–water partition coefficient (Wildman–Crippen LogP) is 2.59. The maximum absolute atomic E-state index is 11.2. The molecule has 2 aliphatic carbocycles. The third kappa shape index (κ3) is 3.59. The first-order valence-corrected chi connectivity index (χ1v) is 10.6. The van der Waals surface area contributed by atoms with Crippen molar-refractivity contribution >= 4 is 28.8 Å². The van der Waals surface area contributed by atoms with Crippen molar-refractivity contribution in [1.29, 1.82) is 0 Å². The minimum absolute atomic E-state index is 0.142. The summed E-state index contributed by atoms with van der Waals surface area (Å²) in [4.78, 5) is 13.3. The SMILES string of the molecule is O=C(O)CN(CC1CC1)C1CC(Nc2ccc3nnc(-c4ccsc4)n3n2)C1. The molecule has 2 aliphatic rings. The second kappa shape index (κ2) is 7.14. The molecule has 28 heavy (non-hydrogen) atoms. The van der Waals surface area contributed by atoms with Crippen LogP contribution in [-0.4, -0.2) is 61.0 Å². The lowest BCUT2D eigenvalue weighted by molar-refractivity contribution is -0.139. The lowest BCUT2D eigenvalue weighted by Gasteiger charge is -2.43. The van der Waals surface area contributed by atoms with Crippen molar-refractivity contribution < 1.29 is 9.90 Å². The van der Waals surface area contributed by atoms with Crippen LogP contribution in [0.25, 0.3) is 17.0 Å². The fourth-order valence-electron chi connectivity index (χ4n) is 3.80. The molecular weight excluding hydrogens is 376 g/mol. The standard InChI is InChI=1S/C19H22N6O2S/c26-18(27)10-24(9-12-1-2-12)15-7-14(8-15)20-16-3-4-17-21-22-19(25(17)23-16)13-5-6-28-11-13/h3-6,11-12,14-15H,1-2,7-10H2,(H,20,23)(H,26,27). The van der Waals surface area contributed by atoms with Gasteiger partial charge in [-0.05, 0) is 55.2 Å². The zero-order chi connectivity index (χ0) is 19.1. The van der Waals surface area contributed by atoms with Crippen molar-refractivity contribution in [2.75, 3.05) is 18.4 Å². The van der Waals surface area contributed by atoms with Gasteiger partial charge in [0.1, 0.15) is 5.82 Å². The Morgan fingerprint density at radius 1 is 1.29 bits per heavy atom. The lowest BCUT2D eigenvalue weighted by atomic mass is 9.85. The van der Waals surface area contributed by atoms with Gasteiger partial charge in [-0.15, -0.1) is 15.3 Å². The molecule has 2 N–H and O–H groups in total. The Hall–Kier alpha value is -2.52. The topological polar surface area (TPSA) is 95.7 Å². The Bertz CT molecular complexity index is 978. The molecule has 8 nitrogen and oxygen atoms in total. The van der Waals surface area contributed by atoms with Gasteiger partial charge < -0.3 is 10.4 Å². The summed E-state index contributed by atoms with van der Waals surface area (Å²) in [6.07, 6.45) is 4.36. The normalized spacial score (nSPS) is 21.8. The van der Waals surface area contributed by atoms with Gasteiger partial charge in [0.15, 0.2) is 11.5 Å². The third-order valence-corrected chi connectivity index (χ3v) is 6.23. The van der Waals surface area contributed by atoms with Gasteiger partial charge in [-0.2, -0.15) is 15.9 Å². The number of anilines is 1. The number of fused-ring (bicyclic) bond motifs is 1. The molecule has 3 aromatic heterocycles. The molecular formula is C19H22N6O2S. The molecule has 0 atom stereocenters. The number of aromatic nitrogens is 4. The Morgan fingerprint density at radius 3 is 2.86 bits per heavy atom. The van der Waals surface area contributed by atoms with Crippen LogP contribution in [0.2, 0.25) is 0 Å². The first kappa shape index (κ1) is 17.6. The molecule has 0 aliphatic heterocycles. The van der Waals surface area contributed by atoms with Crippen LogP contribution in [0.3, 0.4) is 0 Å². The Labute approximate surface area is 166 Å². The van der Waals surface area contributed by atoms with Gasteiger partial charge in [0.2, 0.25) is 0 Å². The van der Waals surface area contributed by atoms with Gasteiger partial charge in [-0.1, -0.05) is 0 Å². The van der Waals surface area contributed by atoms with E-state index in [1.54, 1.807) is 15.9 Å². The van der Waals surface area contributed by atoms with Crippen molar-refractivity contribution in [3.05, 3.63) is 29.0 Å². The molecule has 0 amide bonds. The van der Waals surface area contributed by atoms with Gasteiger partial charge in [-0.3, -0.25) is 9.69 Å². The summed E-state index contributed by atoms with van der Waals surface area (Å²) in [5.74, 6) is 1.49. The van der Waals surface area contributed by atoms with Crippen LogP contribution in [0.4, 0.5) is 5.82 Å². The summed E-state index contributed by atoms with van der Waals surface area (Å²) in [6, 6.07) is 6.50. The maximum Gasteiger partial charge on any atom is 0.317 e. The average Bonchev–Trinajstić information content (AvgIpc) is 3.13. The molecule has 0 saturated heterocycles. The summed E-state index contributed by atoms with van der Waals surface area (Å²) in [5, 5.41) is 29.8. The zero-order valence-corrected chi connectivity index (χ0v) is 16.2. The summed E-state index contributed by atoms with van der Waals surface area (Å²) < 4.78 is 1.77. The van der Waals surface area contributed by atoms with E-state index in [4.69, 9.17) is 0 Å². The first-order valence-electron chi connectivity index (χ1n) is 9.63. The lowest BCUT2D eigenvalue weighted by Crippen LogP contribution is -2.52. The number of carbonyl (C=O) groups is 1. The summed E-state index contributed by atoms with van der Waals surface area (Å²) in [6.45, 7) is 1.06. The Balaban J connectivity index is 1.25. The predicted molar refractivity (Wildman–Crippen MR) is 106 cm³/mol. The van der Waals surface area contributed by atoms with Gasteiger partial charge in [0, 0.05) is 29.6 Å². The van der Waals surface area contributed by atoms with E-state index >= 15 is 0 Å². The van der Waals surface area contributed by atoms with Crippen molar-refractivity contribution in [2.45, 2.75) is 37.8 Å². The number of hydrogen-bond donors (Lipinski definition) is 2. The number of nitrogens with one attached hydrogen (secondary N) is 1. The van der Waals surface area contributed by atoms with Crippen LogP contribution in [0.15, 0.2) is 29.0 Å². The minimum atomic E-state index is -0.738. The van der Waals surface area contributed by atoms with Crippen LogP contribution in [0.5, 0.6) is 0 Å². The summed E-state index contributed by atoms with van der Waals surface area (Å²) >= 11 is 1.62. The fourth-order valence-corrected chi connectivity index (χ4v) is 4.43. The van der Waals surface area contributed by atoms with Crippen LogP contribution in [0, 0.1) is 5.92 Å². The highest BCUT2D eigenvalue weighted by Gasteiger charge is 2.37. The molecule has 2 saturated carbocycles. The highest BCUT2D eigenvalue weighted by atomic mass is 32.1. The van der Waals surface area contributed by atoms with Crippen molar-refractivity contribution in [2.24, 2.45) is 5.92 Å². The van der Waals surface area contributed by atoms with Crippen LogP contribution in [0.1, 0.15) is 25.7 Å². The molecule has 0 spiro atoms. The first-order chi connectivity index (χ1) is 13.7. The summed E-state index contributed by atoms with van der Waals surface area (Å²) in [7, 11) is 0. The third-order valence-electron chi connectivity index (χ3n) is 5.55. The second-order valence-corrected chi connectivity index (χ2v) is 8.54.